The van der Waals surface area contributed by atoms with E-state index in [-0.39, 0.29) is 17.7 Å². The zero-order valence-corrected chi connectivity index (χ0v) is 10.3. The van der Waals surface area contributed by atoms with E-state index in [2.05, 4.69) is 0 Å². The quantitative estimate of drug-likeness (QED) is 0.789. The number of rotatable bonds is 3. The fourth-order valence-electron chi connectivity index (χ4n) is 1.64. The van der Waals surface area contributed by atoms with Crippen LogP contribution in [0.2, 0.25) is 0 Å². The van der Waals surface area contributed by atoms with Crippen LogP contribution in [-0.4, -0.2) is 5.97 Å². The Bertz CT molecular complexity index is 609. The first-order valence-corrected chi connectivity index (χ1v) is 5.75. The van der Waals surface area contributed by atoms with Gasteiger partial charge in [0.1, 0.15) is 18.2 Å². The minimum atomic E-state index is -0.801. The van der Waals surface area contributed by atoms with Gasteiger partial charge in [0, 0.05) is 5.56 Å². The maximum absolute atomic E-state index is 13.7. The van der Waals surface area contributed by atoms with Crippen LogP contribution in [0.1, 0.15) is 21.5 Å². The van der Waals surface area contributed by atoms with Crippen molar-refractivity contribution < 1.29 is 18.3 Å². The lowest BCUT2D eigenvalue weighted by Gasteiger charge is -2.07. The summed E-state index contributed by atoms with van der Waals surface area (Å²) in [5.41, 5.74) is 0.473. The number of carbonyl (C=O) groups is 1. The second-order valence-corrected chi connectivity index (χ2v) is 4.10. The number of hydrogen-bond acceptors (Lipinski definition) is 2. The highest BCUT2D eigenvalue weighted by Gasteiger charge is 2.15. The summed E-state index contributed by atoms with van der Waals surface area (Å²) in [5.74, 6) is -1.87. The number of halogens is 2. The van der Waals surface area contributed by atoms with Gasteiger partial charge in [-0.3, -0.25) is 0 Å². The van der Waals surface area contributed by atoms with Crippen LogP contribution in [0.5, 0.6) is 0 Å². The molecule has 0 amide bonds. The van der Waals surface area contributed by atoms with Gasteiger partial charge in [0.2, 0.25) is 0 Å². The highest BCUT2D eigenvalue weighted by molar-refractivity contribution is 5.89. The average Bonchev–Trinajstić information content (AvgIpc) is 2.40. The van der Waals surface area contributed by atoms with Crippen molar-refractivity contribution in [3.8, 4) is 0 Å². The molecule has 4 heteroatoms. The minimum absolute atomic E-state index is 0.142. The molecule has 2 nitrogen and oxygen atoms in total. The molecular weight excluding hydrogens is 250 g/mol. The molecule has 0 saturated carbocycles. The molecule has 0 atom stereocenters. The molecule has 0 fully saturated rings. The molecule has 0 heterocycles. The van der Waals surface area contributed by atoms with E-state index in [1.807, 2.05) is 0 Å². The van der Waals surface area contributed by atoms with Gasteiger partial charge in [0.25, 0.3) is 0 Å². The molecule has 0 aromatic heterocycles. The molecule has 0 N–H and O–H groups in total. The molecule has 2 aromatic carbocycles. The second-order valence-electron chi connectivity index (χ2n) is 4.10. The van der Waals surface area contributed by atoms with Crippen molar-refractivity contribution in [2.75, 3.05) is 0 Å². The Morgan fingerprint density at radius 3 is 2.58 bits per heavy atom. The van der Waals surface area contributed by atoms with Gasteiger partial charge < -0.3 is 4.74 Å². The van der Waals surface area contributed by atoms with Gasteiger partial charge in [0.15, 0.2) is 0 Å². The smallest absolute Gasteiger partial charge is 0.341 e. The molecular formula is C15H12F2O2. The van der Waals surface area contributed by atoms with Crippen LogP contribution in [0.25, 0.3) is 0 Å². The van der Waals surface area contributed by atoms with Crippen molar-refractivity contribution in [2.24, 2.45) is 0 Å². The van der Waals surface area contributed by atoms with E-state index in [0.29, 0.717) is 5.56 Å². The summed E-state index contributed by atoms with van der Waals surface area (Å²) in [6.45, 7) is 1.34. The van der Waals surface area contributed by atoms with Crippen molar-refractivity contribution in [3.63, 3.8) is 0 Å². The third kappa shape index (κ3) is 2.96. The fraction of sp³-hybridized carbons (Fsp3) is 0.133. The Hall–Kier alpha value is -2.23. The Morgan fingerprint density at radius 1 is 1.11 bits per heavy atom. The zero-order valence-electron chi connectivity index (χ0n) is 10.3. The number of benzene rings is 2. The molecule has 19 heavy (non-hydrogen) atoms. The summed E-state index contributed by atoms with van der Waals surface area (Å²) in [6.07, 6.45) is 0. The number of esters is 1. The summed E-state index contributed by atoms with van der Waals surface area (Å²) >= 11 is 0. The number of ether oxygens (including phenoxy) is 1. The van der Waals surface area contributed by atoms with E-state index in [1.165, 1.54) is 18.2 Å². The summed E-state index contributed by atoms with van der Waals surface area (Å²) in [5, 5.41) is 0. The first kappa shape index (κ1) is 13.2. The highest BCUT2D eigenvalue weighted by atomic mass is 19.1. The molecule has 0 unspecified atom stereocenters. The normalized spacial score (nSPS) is 10.3. The van der Waals surface area contributed by atoms with Crippen molar-refractivity contribution in [1.82, 2.24) is 0 Å². The first-order valence-electron chi connectivity index (χ1n) is 5.75. The summed E-state index contributed by atoms with van der Waals surface area (Å²) < 4.78 is 31.9. The van der Waals surface area contributed by atoms with Gasteiger partial charge in [-0.05, 0) is 24.6 Å². The molecule has 2 aromatic rings. The standard InChI is InChI=1S/C15H12F2O2/c1-10-5-4-7-12(14(10)17)15(18)19-9-11-6-2-3-8-13(11)16/h2-8H,9H2,1H3. The first-order chi connectivity index (χ1) is 9.09. The van der Waals surface area contributed by atoms with Crippen LogP contribution in [0.4, 0.5) is 8.78 Å². The SMILES string of the molecule is Cc1cccc(C(=O)OCc2ccccc2F)c1F. The summed E-state index contributed by atoms with van der Waals surface area (Å²) in [4.78, 5) is 11.7. The van der Waals surface area contributed by atoms with Crippen LogP contribution in [0.3, 0.4) is 0 Å². The monoisotopic (exact) mass is 262 g/mol. The lowest BCUT2D eigenvalue weighted by atomic mass is 10.1. The largest absolute Gasteiger partial charge is 0.457 e. The van der Waals surface area contributed by atoms with E-state index in [4.69, 9.17) is 4.74 Å². The number of hydrogen-bond donors (Lipinski definition) is 0. The molecule has 2 rings (SSSR count). The second kappa shape index (κ2) is 5.61. The lowest BCUT2D eigenvalue weighted by molar-refractivity contribution is 0.0463. The van der Waals surface area contributed by atoms with Gasteiger partial charge >= 0.3 is 5.97 Å². The predicted octanol–water partition coefficient (Wildman–Crippen LogP) is 3.63. The molecule has 0 saturated heterocycles. The third-order valence-corrected chi connectivity index (χ3v) is 2.73. The van der Waals surface area contributed by atoms with Gasteiger partial charge in [-0.15, -0.1) is 0 Å². The predicted molar refractivity (Wildman–Crippen MR) is 66.7 cm³/mol. The van der Waals surface area contributed by atoms with Gasteiger partial charge in [-0.25, -0.2) is 13.6 Å². The van der Waals surface area contributed by atoms with Crippen LogP contribution >= 0.6 is 0 Å². The Balaban J connectivity index is 2.10. The molecule has 0 spiro atoms. The Labute approximate surface area is 109 Å². The van der Waals surface area contributed by atoms with Crippen molar-refractivity contribution in [2.45, 2.75) is 13.5 Å². The lowest BCUT2D eigenvalue weighted by Crippen LogP contribution is -2.09. The summed E-state index contributed by atoms with van der Waals surface area (Å²) in [6, 6.07) is 10.4. The van der Waals surface area contributed by atoms with Crippen LogP contribution < -0.4 is 0 Å². The van der Waals surface area contributed by atoms with Crippen molar-refractivity contribution >= 4 is 5.97 Å². The molecule has 0 radical (unpaired) electrons. The van der Waals surface area contributed by atoms with Gasteiger partial charge in [0.05, 0.1) is 5.56 Å². The molecule has 0 aliphatic heterocycles. The average molecular weight is 262 g/mol. The molecule has 98 valence electrons. The maximum Gasteiger partial charge on any atom is 0.341 e. The van der Waals surface area contributed by atoms with E-state index >= 15 is 0 Å². The maximum atomic E-state index is 13.7. The summed E-state index contributed by atoms with van der Waals surface area (Å²) in [7, 11) is 0. The molecule has 0 aliphatic rings. The molecule has 0 bridgehead atoms. The topological polar surface area (TPSA) is 26.3 Å². The van der Waals surface area contributed by atoms with Crippen LogP contribution in [0.15, 0.2) is 42.5 Å². The molecule has 0 aliphatic carbocycles. The van der Waals surface area contributed by atoms with E-state index in [0.717, 1.165) is 0 Å². The van der Waals surface area contributed by atoms with E-state index < -0.39 is 17.6 Å². The Morgan fingerprint density at radius 2 is 1.84 bits per heavy atom. The number of carbonyl (C=O) groups excluding carboxylic acids is 1. The van der Waals surface area contributed by atoms with Crippen LogP contribution in [-0.2, 0) is 11.3 Å². The van der Waals surface area contributed by atoms with Gasteiger partial charge in [-0.1, -0.05) is 30.3 Å². The number of aryl methyl sites for hydroxylation is 1. The fourth-order valence-corrected chi connectivity index (χ4v) is 1.64. The van der Waals surface area contributed by atoms with E-state index in [1.54, 1.807) is 31.2 Å². The third-order valence-electron chi connectivity index (χ3n) is 2.73. The Kier molecular flexibility index (Phi) is 3.90. The van der Waals surface area contributed by atoms with E-state index in [9.17, 15) is 13.6 Å². The highest BCUT2D eigenvalue weighted by Crippen LogP contribution is 2.14. The minimum Gasteiger partial charge on any atom is -0.457 e. The van der Waals surface area contributed by atoms with Gasteiger partial charge in [-0.2, -0.15) is 0 Å². The van der Waals surface area contributed by atoms with Crippen molar-refractivity contribution in [1.29, 1.82) is 0 Å². The van der Waals surface area contributed by atoms with Crippen LogP contribution in [0, 0.1) is 18.6 Å². The zero-order chi connectivity index (χ0) is 13.8. The van der Waals surface area contributed by atoms with Crippen molar-refractivity contribution in [3.05, 3.63) is 70.8 Å².